The normalized spacial score (nSPS) is 11.1. The molecule has 0 aromatic heterocycles. The molecule has 0 radical (unpaired) electrons. The molecule has 4 nitrogen and oxygen atoms in total. The van der Waals surface area contributed by atoms with E-state index in [0.29, 0.717) is 6.42 Å². The van der Waals surface area contributed by atoms with E-state index in [2.05, 4.69) is 0 Å². The Morgan fingerprint density at radius 1 is 1.33 bits per heavy atom. The number of rotatable bonds is 3. The molecule has 0 fully saturated rings. The number of aliphatic hydroxyl groups is 2. The molecule has 1 unspecified atom stereocenters. The minimum Gasteiger partial charge on any atom is -0.396 e. The van der Waals surface area contributed by atoms with Crippen LogP contribution in [0.1, 0.15) is 27.2 Å². The van der Waals surface area contributed by atoms with E-state index >= 15 is 0 Å². The molecule has 0 saturated carbocycles. The summed E-state index contributed by atoms with van der Waals surface area (Å²) in [4.78, 5) is 19.8. The number of carbonyl (C=O) groups is 2. The van der Waals surface area contributed by atoms with Crippen molar-refractivity contribution < 1.29 is 19.8 Å². The van der Waals surface area contributed by atoms with Gasteiger partial charge in [-0.3, -0.25) is 9.59 Å². The minimum absolute atomic E-state index is 0.0185. The number of aliphatic hydroxyl groups excluding tert-OH is 2. The van der Waals surface area contributed by atoms with Gasteiger partial charge in [-0.15, -0.1) is 0 Å². The number of Topliss-reactive ketones (excluding diaryl/α,β-unsaturated/α-hetero) is 2. The molecule has 0 aromatic rings. The van der Waals surface area contributed by atoms with E-state index in [1.807, 2.05) is 0 Å². The van der Waals surface area contributed by atoms with Crippen molar-refractivity contribution >= 4 is 11.6 Å². The molecule has 12 heavy (non-hydrogen) atoms. The van der Waals surface area contributed by atoms with Crippen LogP contribution in [0.3, 0.4) is 0 Å². The lowest BCUT2D eigenvalue weighted by molar-refractivity contribution is -0.124. The molecule has 4 heteroatoms. The fourth-order valence-electron chi connectivity index (χ4n) is 0.157. The Hall–Kier alpha value is -0.740. The Balaban J connectivity index is 0. The second kappa shape index (κ2) is 8.36. The van der Waals surface area contributed by atoms with Crippen molar-refractivity contribution in [3.63, 3.8) is 0 Å². The smallest absolute Gasteiger partial charge is 0.157 e. The van der Waals surface area contributed by atoms with Gasteiger partial charge in [-0.1, -0.05) is 0 Å². The topological polar surface area (TPSA) is 74.6 Å². The first-order chi connectivity index (χ1) is 5.41. The van der Waals surface area contributed by atoms with Gasteiger partial charge in [0.2, 0.25) is 0 Å². The second-order valence-corrected chi connectivity index (χ2v) is 2.46. The highest BCUT2D eigenvalue weighted by Gasteiger charge is 1.97. The predicted molar refractivity (Wildman–Crippen MR) is 44.7 cm³/mol. The van der Waals surface area contributed by atoms with Crippen LogP contribution in [0.4, 0.5) is 0 Å². The fraction of sp³-hybridized carbons (Fsp3) is 0.750. The maximum atomic E-state index is 9.89. The van der Waals surface area contributed by atoms with Crippen molar-refractivity contribution in [3.8, 4) is 0 Å². The minimum atomic E-state index is -0.787. The van der Waals surface area contributed by atoms with Crippen molar-refractivity contribution in [2.75, 3.05) is 6.61 Å². The number of hydrogen-bond donors (Lipinski definition) is 2. The van der Waals surface area contributed by atoms with E-state index in [1.165, 1.54) is 20.8 Å². The Kier molecular flexibility index (Phi) is 9.63. The summed E-state index contributed by atoms with van der Waals surface area (Å²) in [5, 5.41) is 16.3. The van der Waals surface area contributed by atoms with Crippen LogP contribution in [-0.2, 0) is 9.59 Å². The van der Waals surface area contributed by atoms with E-state index in [4.69, 9.17) is 10.2 Å². The molecule has 0 aliphatic rings. The predicted octanol–water partition coefficient (Wildman–Crippen LogP) is -0.0860. The van der Waals surface area contributed by atoms with Gasteiger partial charge in [0.1, 0.15) is 11.9 Å². The molecule has 0 saturated heterocycles. The maximum Gasteiger partial charge on any atom is 0.157 e. The molecule has 72 valence electrons. The van der Waals surface area contributed by atoms with Crippen LogP contribution in [0, 0.1) is 0 Å². The van der Waals surface area contributed by atoms with Gasteiger partial charge in [0.15, 0.2) is 5.78 Å². The van der Waals surface area contributed by atoms with Crippen LogP contribution in [0.5, 0.6) is 0 Å². The molecular weight excluding hydrogens is 160 g/mol. The van der Waals surface area contributed by atoms with Crippen LogP contribution >= 0.6 is 0 Å². The monoisotopic (exact) mass is 176 g/mol. The summed E-state index contributed by atoms with van der Waals surface area (Å²) >= 11 is 0. The van der Waals surface area contributed by atoms with E-state index in [0.717, 1.165) is 0 Å². The third-order valence-corrected chi connectivity index (χ3v) is 1.05. The van der Waals surface area contributed by atoms with Gasteiger partial charge in [0.25, 0.3) is 0 Å². The van der Waals surface area contributed by atoms with Crippen LogP contribution in [0.2, 0.25) is 0 Å². The summed E-state index contributed by atoms with van der Waals surface area (Å²) in [7, 11) is 0. The van der Waals surface area contributed by atoms with E-state index in [-0.39, 0.29) is 18.2 Å². The first-order valence-electron chi connectivity index (χ1n) is 3.70. The molecule has 0 rings (SSSR count). The summed E-state index contributed by atoms with van der Waals surface area (Å²) in [6.07, 6.45) is -0.495. The number of ketones is 2. The fourth-order valence-corrected chi connectivity index (χ4v) is 0.157. The Morgan fingerprint density at radius 2 is 1.67 bits per heavy atom. The Morgan fingerprint density at radius 3 is 1.67 bits per heavy atom. The van der Waals surface area contributed by atoms with Crippen molar-refractivity contribution in [2.24, 2.45) is 0 Å². The zero-order valence-corrected chi connectivity index (χ0v) is 7.70. The van der Waals surface area contributed by atoms with Gasteiger partial charge >= 0.3 is 0 Å². The SMILES string of the molecule is CC(=O)C(C)O.CC(=O)CCO. The van der Waals surface area contributed by atoms with Crippen molar-refractivity contribution in [2.45, 2.75) is 33.3 Å². The second-order valence-electron chi connectivity index (χ2n) is 2.46. The quantitative estimate of drug-likeness (QED) is 0.630. The Bertz CT molecular complexity index is 140. The summed E-state index contributed by atoms with van der Waals surface area (Å²) < 4.78 is 0. The third kappa shape index (κ3) is 16.1. The van der Waals surface area contributed by atoms with Gasteiger partial charge in [-0.05, 0) is 20.8 Å². The molecule has 0 bridgehead atoms. The average Bonchev–Trinajstić information content (AvgIpc) is 1.87. The van der Waals surface area contributed by atoms with Gasteiger partial charge in [-0.2, -0.15) is 0 Å². The molecule has 0 aliphatic heterocycles. The standard InChI is InChI=1S/2C4H8O2/c1-4(6)2-3-5;1-3(5)4(2)6/h5H,2-3H2,1H3;3,5H,1-2H3. The van der Waals surface area contributed by atoms with Crippen molar-refractivity contribution in [3.05, 3.63) is 0 Å². The molecule has 1 atom stereocenters. The summed E-state index contributed by atoms with van der Waals surface area (Å²) in [6.45, 7) is 4.23. The zero-order chi connectivity index (χ0) is 10.1. The lowest BCUT2D eigenvalue weighted by Crippen LogP contribution is -2.10. The van der Waals surface area contributed by atoms with Gasteiger partial charge in [-0.25, -0.2) is 0 Å². The summed E-state index contributed by atoms with van der Waals surface area (Å²) in [5.74, 6) is -0.146. The number of hydrogen-bond acceptors (Lipinski definition) is 4. The molecular formula is C8H16O4. The first kappa shape index (κ1) is 13.8. The van der Waals surface area contributed by atoms with E-state index in [9.17, 15) is 9.59 Å². The zero-order valence-electron chi connectivity index (χ0n) is 7.70. The summed E-state index contributed by atoms with van der Waals surface area (Å²) in [5.41, 5.74) is 0. The van der Waals surface area contributed by atoms with Crippen molar-refractivity contribution in [1.82, 2.24) is 0 Å². The van der Waals surface area contributed by atoms with Crippen LogP contribution in [0.25, 0.3) is 0 Å². The lowest BCUT2D eigenvalue weighted by atomic mass is 10.3. The van der Waals surface area contributed by atoms with Crippen LogP contribution in [-0.4, -0.2) is 34.5 Å². The van der Waals surface area contributed by atoms with E-state index < -0.39 is 6.10 Å². The van der Waals surface area contributed by atoms with Crippen molar-refractivity contribution in [1.29, 1.82) is 0 Å². The van der Waals surface area contributed by atoms with Gasteiger partial charge in [0, 0.05) is 13.0 Å². The molecule has 0 spiro atoms. The Labute approximate surface area is 72.2 Å². The largest absolute Gasteiger partial charge is 0.396 e. The average molecular weight is 176 g/mol. The first-order valence-corrected chi connectivity index (χ1v) is 3.70. The number of carbonyl (C=O) groups excluding carboxylic acids is 2. The highest BCUT2D eigenvalue weighted by Crippen LogP contribution is 1.77. The lowest BCUT2D eigenvalue weighted by Gasteiger charge is -1.90. The highest BCUT2D eigenvalue weighted by atomic mass is 16.3. The summed E-state index contributed by atoms with van der Waals surface area (Å²) in [6, 6.07) is 0. The highest BCUT2D eigenvalue weighted by molar-refractivity contribution is 5.79. The van der Waals surface area contributed by atoms with Gasteiger partial charge in [0.05, 0.1) is 0 Å². The van der Waals surface area contributed by atoms with E-state index in [1.54, 1.807) is 0 Å². The molecule has 0 aromatic carbocycles. The third-order valence-electron chi connectivity index (χ3n) is 1.05. The molecule has 0 heterocycles. The van der Waals surface area contributed by atoms with Crippen LogP contribution < -0.4 is 0 Å². The molecule has 2 N–H and O–H groups in total. The molecule has 0 aliphatic carbocycles. The van der Waals surface area contributed by atoms with Gasteiger partial charge < -0.3 is 10.2 Å². The maximum absolute atomic E-state index is 9.89. The molecule has 0 amide bonds. The van der Waals surface area contributed by atoms with Crippen LogP contribution in [0.15, 0.2) is 0 Å².